The number of halogens is 2. The van der Waals surface area contributed by atoms with Crippen LogP contribution in [-0.2, 0) is 6.54 Å². The third kappa shape index (κ3) is 2.74. The maximum absolute atomic E-state index is 12.2. The van der Waals surface area contributed by atoms with Gasteiger partial charge in [-0.3, -0.25) is 4.68 Å². The summed E-state index contributed by atoms with van der Waals surface area (Å²) in [5.41, 5.74) is 0.312. The van der Waals surface area contributed by atoms with Crippen molar-refractivity contribution in [3.05, 3.63) is 17.5 Å². The number of aromatic carboxylic acids is 1. The molecule has 0 aromatic carbocycles. The molecule has 1 aromatic rings. The van der Waals surface area contributed by atoms with Crippen molar-refractivity contribution in [2.45, 2.75) is 32.7 Å². The molecule has 0 aliphatic heterocycles. The quantitative estimate of drug-likeness (QED) is 0.840. The van der Waals surface area contributed by atoms with Crippen LogP contribution < -0.4 is 0 Å². The van der Waals surface area contributed by atoms with E-state index in [2.05, 4.69) is 5.10 Å². The molecule has 0 amide bonds. The van der Waals surface area contributed by atoms with Gasteiger partial charge >= 0.3 is 5.97 Å². The molecule has 1 rings (SSSR count). The fourth-order valence-electron chi connectivity index (χ4n) is 1.28. The maximum atomic E-state index is 12.2. The Morgan fingerprint density at radius 1 is 1.60 bits per heavy atom. The minimum absolute atomic E-state index is 0.0376. The van der Waals surface area contributed by atoms with E-state index >= 15 is 0 Å². The summed E-state index contributed by atoms with van der Waals surface area (Å²) in [7, 11) is 0. The SMILES string of the molecule is CC(C)c1cc(C(=O)O)nn1CC(F)F. The van der Waals surface area contributed by atoms with Crippen molar-refractivity contribution >= 4 is 5.97 Å². The van der Waals surface area contributed by atoms with Gasteiger partial charge in [0.15, 0.2) is 5.69 Å². The normalized spacial score (nSPS) is 11.3. The second-order valence-electron chi connectivity index (χ2n) is 3.49. The van der Waals surface area contributed by atoms with Crippen molar-refractivity contribution in [3.8, 4) is 0 Å². The van der Waals surface area contributed by atoms with Gasteiger partial charge in [-0.15, -0.1) is 0 Å². The average Bonchev–Trinajstić information content (AvgIpc) is 2.46. The highest BCUT2D eigenvalue weighted by molar-refractivity contribution is 5.85. The zero-order valence-corrected chi connectivity index (χ0v) is 8.44. The first kappa shape index (κ1) is 11.6. The summed E-state index contributed by atoms with van der Waals surface area (Å²) >= 11 is 0. The van der Waals surface area contributed by atoms with Crippen LogP contribution in [0.3, 0.4) is 0 Å². The van der Waals surface area contributed by atoms with Crippen LogP contribution in [0.5, 0.6) is 0 Å². The van der Waals surface area contributed by atoms with Gasteiger partial charge in [0.05, 0.1) is 0 Å². The lowest BCUT2D eigenvalue weighted by Gasteiger charge is -2.08. The lowest BCUT2D eigenvalue weighted by molar-refractivity contribution is 0.0686. The smallest absolute Gasteiger partial charge is 0.356 e. The van der Waals surface area contributed by atoms with Crippen LogP contribution in [0.15, 0.2) is 6.07 Å². The zero-order chi connectivity index (χ0) is 11.6. The van der Waals surface area contributed by atoms with Gasteiger partial charge in [-0.05, 0) is 12.0 Å². The molecule has 1 N–H and O–H groups in total. The number of aromatic nitrogens is 2. The molecule has 0 saturated carbocycles. The highest BCUT2D eigenvalue weighted by Gasteiger charge is 2.17. The Kier molecular flexibility index (Phi) is 3.39. The van der Waals surface area contributed by atoms with Crippen LogP contribution in [0.25, 0.3) is 0 Å². The molecule has 0 bridgehead atoms. The summed E-state index contributed by atoms with van der Waals surface area (Å²) in [6.45, 7) is 3.02. The Bertz CT molecular complexity index is 361. The molecule has 1 heterocycles. The first-order valence-corrected chi connectivity index (χ1v) is 4.51. The second-order valence-corrected chi connectivity index (χ2v) is 3.49. The number of hydrogen-bond acceptors (Lipinski definition) is 2. The van der Waals surface area contributed by atoms with Crippen LogP contribution in [0.2, 0.25) is 0 Å². The lowest BCUT2D eigenvalue weighted by atomic mass is 10.1. The van der Waals surface area contributed by atoms with Gasteiger partial charge in [-0.25, -0.2) is 13.6 Å². The van der Waals surface area contributed by atoms with Crippen LogP contribution in [0.4, 0.5) is 8.78 Å². The lowest BCUT2D eigenvalue weighted by Crippen LogP contribution is -2.12. The van der Waals surface area contributed by atoms with Gasteiger partial charge in [0.2, 0.25) is 0 Å². The van der Waals surface area contributed by atoms with Crippen molar-refractivity contribution in [1.82, 2.24) is 9.78 Å². The van der Waals surface area contributed by atoms with E-state index in [-0.39, 0.29) is 11.6 Å². The fourth-order valence-corrected chi connectivity index (χ4v) is 1.28. The molecule has 6 heteroatoms. The summed E-state index contributed by atoms with van der Waals surface area (Å²) in [4.78, 5) is 10.6. The summed E-state index contributed by atoms with van der Waals surface area (Å²) in [5, 5.41) is 12.3. The molecule has 1 aromatic heterocycles. The molecule has 84 valence electrons. The summed E-state index contributed by atoms with van der Waals surface area (Å²) in [5.74, 6) is -1.24. The highest BCUT2D eigenvalue weighted by atomic mass is 19.3. The first-order chi connectivity index (χ1) is 6.91. The van der Waals surface area contributed by atoms with Crippen LogP contribution >= 0.6 is 0 Å². The predicted octanol–water partition coefficient (Wildman–Crippen LogP) is 1.97. The number of alkyl halides is 2. The third-order valence-corrected chi connectivity index (χ3v) is 1.93. The summed E-state index contributed by atoms with van der Waals surface area (Å²) < 4.78 is 25.4. The topological polar surface area (TPSA) is 55.1 Å². The minimum atomic E-state index is -2.54. The van der Waals surface area contributed by atoms with Gasteiger partial charge in [0, 0.05) is 5.69 Å². The Labute approximate surface area is 85.5 Å². The molecule has 0 atom stereocenters. The first-order valence-electron chi connectivity index (χ1n) is 4.51. The van der Waals surface area contributed by atoms with E-state index in [0.717, 1.165) is 4.68 Å². The predicted molar refractivity (Wildman–Crippen MR) is 49.3 cm³/mol. The number of carboxylic acid groups (broad SMARTS) is 1. The molecular formula is C9H12F2N2O2. The van der Waals surface area contributed by atoms with E-state index in [1.807, 2.05) is 0 Å². The van der Waals surface area contributed by atoms with Gasteiger partial charge in [0.1, 0.15) is 6.54 Å². The van der Waals surface area contributed by atoms with E-state index in [9.17, 15) is 13.6 Å². The van der Waals surface area contributed by atoms with E-state index in [1.165, 1.54) is 6.07 Å². The molecule has 0 fully saturated rings. The molecule has 0 spiro atoms. The molecule has 15 heavy (non-hydrogen) atoms. The summed E-state index contributed by atoms with van der Waals surface area (Å²) in [6.07, 6.45) is -2.54. The minimum Gasteiger partial charge on any atom is -0.476 e. The summed E-state index contributed by atoms with van der Waals surface area (Å²) in [6, 6.07) is 1.33. The largest absolute Gasteiger partial charge is 0.476 e. The molecule has 0 radical (unpaired) electrons. The van der Waals surface area contributed by atoms with E-state index in [4.69, 9.17) is 5.11 Å². The molecule has 4 nitrogen and oxygen atoms in total. The number of hydrogen-bond donors (Lipinski definition) is 1. The maximum Gasteiger partial charge on any atom is 0.356 e. The Morgan fingerprint density at radius 3 is 2.60 bits per heavy atom. The fraction of sp³-hybridized carbons (Fsp3) is 0.556. The average molecular weight is 218 g/mol. The zero-order valence-electron chi connectivity index (χ0n) is 8.44. The molecule has 0 saturated heterocycles. The number of carbonyl (C=O) groups is 1. The van der Waals surface area contributed by atoms with E-state index in [0.29, 0.717) is 5.69 Å². The second kappa shape index (κ2) is 4.37. The monoisotopic (exact) mass is 218 g/mol. The van der Waals surface area contributed by atoms with E-state index < -0.39 is 18.9 Å². The van der Waals surface area contributed by atoms with Gasteiger partial charge in [-0.2, -0.15) is 5.10 Å². The number of rotatable bonds is 4. The van der Waals surface area contributed by atoms with Crippen LogP contribution in [0, 0.1) is 0 Å². The Morgan fingerprint density at radius 2 is 2.20 bits per heavy atom. The van der Waals surface area contributed by atoms with Crippen molar-refractivity contribution in [3.63, 3.8) is 0 Å². The van der Waals surface area contributed by atoms with Crippen molar-refractivity contribution in [2.75, 3.05) is 0 Å². The molecule has 0 unspecified atom stereocenters. The van der Waals surface area contributed by atoms with E-state index in [1.54, 1.807) is 13.8 Å². The Hall–Kier alpha value is -1.46. The van der Waals surface area contributed by atoms with Crippen LogP contribution in [-0.4, -0.2) is 27.3 Å². The molecule has 0 aliphatic rings. The van der Waals surface area contributed by atoms with Crippen molar-refractivity contribution < 1.29 is 18.7 Å². The van der Waals surface area contributed by atoms with Crippen molar-refractivity contribution in [1.29, 1.82) is 0 Å². The standard InChI is InChI=1S/C9H12F2N2O2/c1-5(2)7-3-6(9(14)15)12-13(7)4-8(10)11/h3,5,8H,4H2,1-2H3,(H,14,15). The third-order valence-electron chi connectivity index (χ3n) is 1.93. The van der Waals surface area contributed by atoms with Gasteiger partial charge in [0.25, 0.3) is 6.43 Å². The van der Waals surface area contributed by atoms with Crippen molar-refractivity contribution in [2.24, 2.45) is 0 Å². The molecular weight excluding hydrogens is 206 g/mol. The van der Waals surface area contributed by atoms with Gasteiger partial charge < -0.3 is 5.11 Å². The highest BCUT2D eigenvalue weighted by Crippen LogP contribution is 2.17. The van der Waals surface area contributed by atoms with Crippen LogP contribution in [0.1, 0.15) is 35.9 Å². The number of carboxylic acids is 1. The molecule has 0 aliphatic carbocycles. The van der Waals surface area contributed by atoms with Gasteiger partial charge in [-0.1, -0.05) is 13.8 Å². The Balaban J connectivity index is 3.06. The number of nitrogens with zero attached hydrogens (tertiary/aromatic N) is 2.